The van der Waals surface area contributed by atoms with Crippen LogP contribution in [0.4, 0.5) is 0 Å². The monoisotopic (exact) mass is 308 g/mol. The van der Waals surface area contributed by atoms with Crippen LogP contribution in [-0.2, 0) is 9.09 Å². The van der Waals surface area contributed by atoms with Crippen LogP contribution >= 0.6 is 7.82 Å². The molecule has 2 rings (SSSR count). The lowest BCUT2D eigenvalue weighted by Crippen LogP contribution is -1.86. The number of ether oxygens (including phenoxy) is 1. The van der Waals surface area contributed by atoms with Gasteiger partial charge in [-0.25, -0.2) is 4.57 Å². The van der Waals surface area contributed by atoms with Crippen molar-refractivity contribution in [3.8, 4) is 11.5 Å². The van der Waals surface area contributed by atoms with E-state index >= 15 is 0 Å². The Hall–Kier alpha value is -1.91. The average Bonchev–Trinajstić information content (AvgIpc) is 2.47. The molecule has 2 N–H and O–H groups in total. The first-order chi connectivity index (χ1) is 10.0. The van der Waals surface area contributed by atoms with Crippen molar-refractivity contribution >= 4 is 7.82 Å². The third-order valence-electron chi connectivity index (χ3n) is 2.08. The molecular formula is C15H17O5P. The van der Waals surface area contributed by atoms with Gasteiger partial charge in [0.05, 0.1) is 6.61 Å². The largest absolute Gasteiger partial charge is 0.469 e. The fourth-order valence-corrected chi connectivity index (χ4v) is 1.56. The molecule has 2 aromatic rings. The minimum absolute atomic E-state index is 0.121. The highest BCUT2D eigenvalue weighted by Gasteiger charge is 2.10. The molecule has 0 aliphatic rings. The van der Waals surface area contributed by atoms with Gasteiger partial charge in [-0.1, -0.05) is 42.5 Å². The lowest BCUT2D eigenvalue weighted by molar-refractivity contribution is 0.216. The zero-order chi connectivity index (χ0) is 15.6. The Bertz CT molecular complexity index is 528. The maximum Gasteiger partial charge on any atom is 0.469 e. The molecule has 5 nitrogen and oxygen atoms in total. The van der Waals surface area contributed by atoms with Crippen molar-refractivity contribution in [3.05, 3.63) is 73.3 Å². The van der Waals surface area contributed by atoms with Crippen molar-refractivity contribution in [1.29, 1.82) is 0 Å². The summed E-state index contributed by atoms with van der Waals surface area (Å²) in [6.45, 7) is 3.07. The molecule has 0 aliphatic heterocycles. The SMILES string of the molecule is C=CCOP(=O)(O)O.c1ccc(Oc2ccccc2)cc1. The number of rotatable bonds is 5. The van der Waals surface area contributed by atoms with E-state index in [4.69, 9.17) is 14.5 Å². The molecule has 0 aliphatic carbocycles. The van der Waals surface area contributed by atoms with Gasteiger partial charge in [0.2, 0.25) is 0 Å². The third-order valence-corrected chi connectivity index (χ3v) is 2.57. The van der Waals surface area contributed by atoms with Crippen LogP contribution in [0.2, 0.25) is 0 Å². The maximum atomic E-state index is 9.81. The van der Waals surface area contributed by atoms with Gasteiger partial charge in [0.25, 0.3) is 0 Å². The molecule has 6 heteroatoms. The minimum atomic E-state index is -4.25. The lowest BCUT2D eigenvalue weighted by Gasteiger charge is -2.03. The minimum Gasteiger partial charge on any atom is -0.457 e. The molecule has 0 saturated carbocycles. The molecule has 0 fully saturated rings. The quantitative estimate of drug-likeness (QED) is 0.649. The first kappa shape index (κ1) is 17.1. The third kappa shape index (κ3) is 8.78. The fourth-order valence-electron chi connectivity index (χ4n) is 1.26. The van der Waals surface area contributed by atoms with Crippen molar-refractivity contribution in [1.82, 2.24) is 0 Å². The predicted molar refractivity (Wildman–Crippen MR) is 81.2 cm³/mol. The van der Waals surface area contributed by atoms with E-state index in [1.54, 1.807) is 0 Å². The number of hydrogen-bond donors (Lipinski definition) is 2. The highest BCUT2D eigenvalue weighted by Crippen LogP contribution is 2.35. The van der Waals surface area contributed by atoms with Crippen LogP contribution in [-0.4, -0.2) is 16.4 Å². The van der Waals surface area contributed by atoms with Gasteiger partial charge < -0.3 is 14.5 Å². The van der Waals surface area contributed by atoms with Gasteiger partial charge in [-0.15, -0.1) is 6.58 Å². The second kappa shape index (κ2) is 9.10. The topological polar surface area (TPSA) is 76.0 Å². The van der Waals surface area contributed by atoms with Crippen molar-refractivity contribution in [2.45, 2.75) is 0 Å². The Labute approximate surface area is 123 Å². The second-order valence-electron chi connectivity index (χ2n) is 3.80. The van der Waals surface area contributed by atoms with Crippen LogP contribution in [0.5, 0.6) is 11.5 Å². The normalized spacial score (nSPS) is 10.2. The molecule has 0 radical (unpaired) electrons. The van der Waals surface area contributed by atoms with Gasteiger partial charge in [0.15, 0.2) is 0 Å². The fraction of sp³-hybridized carbons (Fsp3) is 0.0667. The molecule has 0 heterocycles. The molecule has 0 saturated heterocycles. The summed E-state index contributed by atoms with van der Waals surface area (Å²) in [7, 11) is -4.25. The molecule has 0 amide bonds. The van der Waals surface area contributed by atoms with Crippen molar-refractivity contribution in [3.63, 3.8) is 0 Å². The molecule has 21 heavy (non-hydrogen) atoms. The molecule has 0 unspecified atom stereocenters. The Morgan fingerprint density at radius 1 is 0.952 bits per heavy atom. The van der Waals surface area contributed by atoms with Crippen LogP contribution < -0.4 is 4.74 Å². The molecular weight excluding hydrogens is 291 g/mol. The number of phosphoric acid groups is 1. The van der Waals surface area contributed by atoms with E-state index in [0.29, 0.717) is 0 Å². The standard InChI is InChI=1S/C12H10O.C3H7O4P/c1-3-7-11(8-4-1)13-12-9-5-2-6-10-12;1-2-3-7-8(4,5)6/h1-10H;2H,1,3H2,(H2,4,5,6). The Morgan fingerprint density at radius 3 is 1.67 bits per heavy atom. The Balaban J connectivity index is 0.000000240. The summed E-state index contributed by atoms with van der Waals surface area (Å²) in [4.78, 5) is 16.0. The predicted octanol–water partition coefficient (Wildman–Crippen LogP) is 3.76. The van der Waals surface area contributed by atoms with Crippen LogP contribution in [0.25, 0.3) is 0 Å². The zero-order valence-corrected chi connectivity index (χ0v) is 12.2. The molecule has 0 spiro atoms. The van der Waals surface area contributed by atoms with Gasteiger partial charge >= 0.3 is 7.82 Å². The van der Waals surface area contributed by atoms with E-state index in [1.807, 2.05) is 60.7 Å². The summed E-state index contributed by atoms with van der Waals surface area (Å²) in [6.07, 6.45) is 1.26. The Morgan fingerprint density at radius 2 is 1.38 bits per heavy atom. The van der Waals surface area contributed by atoms with Gasteiger partial charge in [0.1, 0.15) is 11.5 Å². The summed E-state index contributed by atoms with van der Waals surface area (Å²) in [5, 5.41) is 0. The maximum absolute atomic E-state index is 9.81. The van der Waals surface area contributed by atoms with E-state index in [-0.39, 0.29) is 6.61 Å². The number of benzene rings is 2. The first-order valence-electron chi connectivity index (χ1n) is 6.10. The van der Waals surface area contributed by atoms with Crippen molar-refractivity contribution in [2.75, 3.05) is 6.61 Å². The highest BCUT2D eigenvalue weighted by molar-refractivity contribution is 7.46. The van der Waals surface area contributed by atoms with E-state index in [2.05, 4.69) is 11.1 Å². The van der Waals surface area contributed by atoms with Crippen LogP contribution in [0, 0.1) is 0 Å². The van der Waals surface area contributed by atoms with Crippen molar-refractivity contribution in [2.24, 2.45) is 0 Å². The van der Waals surface area contributed by atoms with E-state index in [9.17, 15) is 4.57 Å². The van der Waals surface area contributed by atoms with E-state index in [1.165, 1.54) is 6.08 Å². The smallest absolute Gasteiger partial charge is 0.457 e. The molecule has 2 aromatic carbocycles. The van der Waals surface area contributed by atoms with Gasteiger partial charge in [0, 0.05) is 0 Å². The summed E-state index contributed by atoms with van der Waals surface area (Å²) in [6, 6.07) is 19.5. The molecule has 112 valence electrons. The van der Waals surface area contributed by atoms with Crippen molar-refractivity contribution < 1.29 is 23.6 Å². The zero-order valence-electron chi connectivity index (χ0n) is 11.3. The number of para-hydroxylation sites is 2. The van der Waals surface area contributed by atoms with Crippen LogP contribution in [0.1, 0.15) is 0 Å². The van der Waals surface area contributed by atoms with E-state index < -0.39 is 7.82 Å². The first-order valence-corrected chi connectivity index (χ1v) is 7.63. The van der Waals surface area contributed by atoms with E-state index in [0.717, 1.165) is 11.5 Å². The molecule has 0 aromatic heterocycles. The summed E-state index contributed by atoms with van der Waals surface area (Å²) >= 11 is 0. The van der Waals surface area contributed by atoms with Gasteiger partial charge in [-0.2, -0.15) is 0 Å². The summed E-state index contributed by atoms with van der Waals surface area (Å²) < 4.78 is 19.3. The molecule has 0 bridgehead atoms. The van der Waals surface area contributed by atoms with Crippen LogP contribution in [0.15, 0.2) is 73.3 Å². The second-order valence-corrected chi connectivity index (χ2v) is 5.04. The summed E-state index contributed by atoms with van der Waals surface area (Å²) in [5.41, 5.74) is 0. The number of hydrogen-bond acceptors (Lipinski definition) is 3. The van der Waals surface area contributed by atoms with Crippen LogP contribution in [0.3, 0.4) is 0 Å². The number of phosphoric ester groups is 1. The summed E-state index contributed by atoms with van der Waals surface area (Å²) in [5.74, 6) is 1.74. The lowest BCUT2D eigenvalue weighted by atomic mass is 10.3. The van der Waals surface area contributed by atoms with Gasteiger partial charge in [-0.05, 0) is 24.3 Å². The highest BCUT2D eigenvalue weighted by atomic mass is 31.2. The Kier molecular flexibility index (Phi) is 7.43. The average molecular weight is 308 g/mol. The van der Waals surface area contributed by atoms with Gasteiger partial charge in [-0.3, -0.25) is 4.52 Å². The molecule has 0 atom stereocenters.